The molecule has 0 aromatic carbocycles. The molecule has 0 aromatic heterocycles. The Morgan fingerprint density at radius 2 is 2.00 bits per heavy atom. The van der Waals surface area contributed by atoms with Crippen LogP contribution in [0.5, 0.6) is 0 Å². The molecule has 0 aliphatic carbocycles. The van der Waals surface area contributed by atoms with Gasteiger partial charge in [-0.3, -0.25) is 4.79 Å². The van der Waals surface area contributed by atoms with Crippen molar-refractivity contribution >= 4 is 17.5 Å². The Balaban J connectivity index is 1.93. The summed E-state index contributed by atoms with van der Waals surface area (Å²) in [5, 5.41) is 8.48. The number of likely N-dealkylation sites (tertiary alicyclic amines) is 1. The number of aliphatic hydroxyl groups excluding tert-OH is 1. The molecule has 0 bridgehead atoms. The van der Waals surface area contributed by atoms with Gasteiger partial charge in [0.05, 0.1) is 26.4 Å². The minimum Gasteiger partial charge on any atom is -0.394 e. The van der Waals surface area contributed by atoms with Crippen molar-refractivity contribution in [3.63, 3.8) is 0 Å². The Hall–Kier alpha value is -0.360. The number of nitrogens with zero attached hydrogens (tertiary/aromatic N) is 1. The largest absolute Gasteiger partial charge is 0.394 e. The van der Waals surface area contributed by atoms with E-state index in [1.165, 1.54) is 0 Å². The predicted octanol–water partition coefficient (Wildman–Crippen LogP) is 0.489. The number of alkyl halides is 1. The van der Waals surface area contributed by atoms with Crippen LogP contribution in [-0.2, 0) is 14.3 Å². The van der Waals surface area contributed by atoms with E-state index < -0.39 is 0 Å². The molecule has 1 N–H and O–H groups in total. The quantitative estimate of drug-likeness (QED) is 0.467. The van der Waals surface area contributed by atoms with Crippen molar-refractivity contribution < 1.29 is 19.4 Å². The maximum atomic E-state index is 11.6. The molecule has 0 saturated carbocycles. The molecule has 1 aliphatic heterocycles. The zero-order valence-electron chi connectivity index (χ0n) is 10.6. The third-order valence-electron chi connectivity index (χ3n) is 2.84. The maximum absolute atomic E-state index is 11.6. The first kappa shape index (κ1) is 15.7. The van der Waals surface area contributed by atoms with Crippen molar-refractivity contribution in [3.8, 4) is 0 Å². The third-order valence-corrected chi connectivity index (χ3v) is 3.27. The van der Waals surface area contributed by atoms with Crippen LogP contribution in [0.25, 0.3) is 0 Å². The molecule has 1 atom stereocenters. The van der Waals surface area contributed by atoms with Gasteiger partial charge in [-0.2, -0.15) is 0 Å². The van der Waals surface area contributed by atoms with Crippen molar-refractivity contribution in [2.75, 3.05) is 52.0 Å². The Morgan fingerprint density at radius 1 is 1.28 bits per heavy atom. The number of amides is 1. The first-order valence-electron chi connectivity index (χ1n) is 6.38. The van der Waals surface area contributed by atoms with Gasteiger partial charge in [-0.15, -0.1) is 11.6 Å². The molecule has 1 fully saturated rings. The van der Waals surface area contributed by atoms with Gasteiger partial charge in [-0.05, 0) is 12.3 Å². The molecule has 1 unspecified atom stereocenters. The standard InChI is InChI=1S/C12H22ClNO4/c13-9-11-8-12(16)14(10-11)2-1-4-17-6-7-18-5-3-15/h11,15H,1-10H2. The molecule has 1 saturated heterocycles. The fourth-order valence-electron chi connectivity index (χ4n) is 1.92. The second-order valence-electron chi connectivity index (χ2n) is 4.37. The van der Waals surface area contributed by atoms with Crippen LogP contribution in [0.4, 0.5) is 0 Å². The average molecular weight is 280 g/mol. The molecule has 18 heavy (non-hydrogen) atoms. The van der Waals surface area contributed by atoms with Crippen molar-refractivity contribution in [1.82, 2.24) is 4.90 Å². The van der Waals surface area contributed by atoms with E-state index in [4.69, 9.17) is 26.2 Å². The Bertz CT molecular complexity index is 240. The summed E-state index contributed by atoms with van der Waals surface area (Å²) in [6.07, 6.45) is 1.42. The summed E-state index contributed by atoms with van der Waals surface area (Å²) in [4.78, 5) is 13.4. The van der Waals surface area contributed by atoms with Gasteiger partial charge < -0.3 is 19.5 Å². The lowest BCUT2D eigenvalue weighted by molar-refractivity contribution is -0.127. The van der Waals surface area contributed by atoms with E-state index in [1.54, 1.807) is 0 Å². The fraction of sp³-hybridized carbons (Fsp3) is 0.917. The number of rotatable bonds is 10. The lowest BCUT2D eigenvalue weighted by Gasteiger charge is -2.16. The van der Waals surface area contributed by atoms with Crippen molar-refractivity contribution in [2.45, 2.75) is 12.8 Å². The van der Waals surface area contributed by atoms with E-state index in [2.05, 4.69) is 0 Å². The third kappa shape index (κ3) is 6.00. The van der Waals surface area contributed by atoms with Crippen LogP contribution >= 0.6 is 11.6 Å². The Kier molecular flexibility index (Phi) is 8.33. The summed E-state index contributed by atoms with van der Waals surface area (Å²) < 4.78 is 10.4. The highest BCUT2D eigenvalue weighted by Crippen LogP contribution is 2.18. The number of carbonyl (C=O) groups is 1. The first-order valence-corrected chi connectivity index (χ1v) is 6.91. The lowest BCUT2D eigenvalue weighted by atomic mass is 10.1. The molecule has 6 heteroatoms. The summed E-state index contributed by atoms with van der Waals surface area (Å²) in [6, 6.07) is 0. The number of hydrogen-bond acceptors (Lipinski definition) is 4. The molecule has 106 valence electrons. The summed E-state index contributed by atoms with van der Waals surface area (Å²) in [5.74, 6) is 1.07. The molecule has 1 amide bonds. The molecule has 5 nitrogen and oxygen atoms in total. The van der Waals surface area contributed by atoms with Gasteiger partial charge in [0.2, 0.25) is 5.91 Å². The van der Waals surface area contributed by atoms with Gasteiger partial charge in [0, 0.05) is 32.0 Å². The molecule has 0 aromatic rings. The normalized spacial score (nSPS) is 19.8. The molecule has 1 heterocycles. The van der Waals surface area contributed by atoms with Gasteiger partial charge in [0.25, 0.3) is 0 Å². The van der Waals surface area contributed by atoms with E-state index in [0.717, 1.165) is 19.5 Å². The van der Waals surface area contributed by atoms with Crippen LogP contribution in [0.15, 0.2) is 0 Å². The van der Waals surface area contributed by atoms with Gasteiger partial charge in [-0.25, -0.2) is 0 Å². The van der Waals surface area contributed by atoms with E-state index >= 15 is 0 Å². The van der Waals surface area contributed by atoms with Crippen molar-refractivity contribution in [1.29, 1.82) is 0 Å². The SMILES string of the molecule is O=C1CC(CCl)CN1CCCOCCOCCO. The van der Waals surface area contributed by atoms with Crippen molar-refractivity contribution in [3.05, 3.63) is 0 Å². The van der Waals surface area contributed by atoms with Crippen LogP contribution in [0.2, 0.25) is 0 Å². The second kappa shape index (κ2) is 9.55. The summed E-state index contributed by atoms with van der Waals surface area (Å²) >= 11 is 5.75. The Labute approximate surface area is 113 Å². The van der Waals surface area contributed by atoms with Gasteiger partial charge in [0.15, 0.2) is 0 Å². The molecule has 0 spiro atoms. The van der Waals surface area contributed by atoms with Crippen LogP contribution in [0.3, 0.4) is 0 Å². The van der Waals surface area contributed by atoms with E-state index in [9.17, 15) is 4.79 Å². The van der Waals surface area contributed by atoms with Gasteiger partial charge in [0.1, 0.15) is 0 Å². The number of carbonyl (C=O) groups excluding carboxylic acids is 1. The number of hydrogen-bond donors (Lipinski definition) is 1. The highest BCUT2D eigenvalue weighted by Gasteiger charge is 2.28. The van der Waals surface area contributed by atoms with Gasteiger partial charge >= 0.3 is 0 Å². The molecular weight excluding hydrogens is 258 g/mol. The first-order chi connectivity index (χ1) is 8.77. The van der Waals surface area contributed by atoms with Crippen LogP contribution < -0.4 is 0 Å². The number of ether oxygens (including phenoxy) is 2. The van der Waals surface area contributed by atoms with E-state index in [-0.39, 0.29) is 12.5 Å². The number of halogens is 1. The molecular formula is C12H22ClNO4. The van der Waals surface area contributed by atoms with Crippen LogP contribution in [-0.4, -0.2) is 67.9 Å². The summed E-state index contributed by atoms with van der Waals surface area (Å²) in [5.41, 5.74) is 0. The number of aliphatic hydroxyl groups is 1. The van der Waals surface area contributed by atoms with Crippen molar-refractivity contribution in [2.24, 2.45) is 5.92 Å². The maximum Gasteiger partial charge on any atom is 0.222 e. The summed E-state index contributed by atoms with van der Waals surface area (Å²) in [6.45, 7) is 3.56. The van der Waals surface area contributed by atoms with Crippen LogP contribution in [0.1, 0.15) is 12.8 Å². The molecule has 0 radical (unpaired) electrons. The van der Waals surface area contributed by atoms with Gasteiger partial charge in [-0.1, -0.05) is 0 Å². The highest BCUT2D eigenvalue weighted by atomic mass is 35.5. The smallest absolute Gasteiger partial charge is 0.222 e. The zero-order valence-corrected chi connectivity index (χ0v) is 11.4. The average Bonchev–Trinajstić information content (AvgIpc) is 2.73. The van der Waals surface area contributed by atoms with E-state index in [0.29, 0.717) is 44.6 Å². The highest BCUT2D eigenvalue weighted by molar-refractivity contribution is 6.18. The van der Waals surface area contributed by atoms with E-state index in [1.807, 2.05) is 4.90 Å². The minimum absolute atomic E-state index is 0.0405. The monoisotopic (exact) mass is 279 g/mol. The second-order valence-corrected chi connectivity index (χ2v) is 4.67. The van der Waals surface area contributed by atoms with Crippen LogP contribution in [0, 0.1) is 5.92 Å². The molecule has 1 aliphatic rings. The predicted molar refractivity (Wildman–Crippen MR) is 68.7 cm³/mol. The summed E-state index contributed by atoms with van der Waals surface area (Å²) in [7, 11) is 0. The topological polar surface area (TPSA) is 59.0 Å². The zero-order chi connectivity index (χ0) is 13.2. The molecule has 1 rings (SSSR count). The minimum atomic E-state index is 0.0405. The fourth-order valence-corrected chi connectivity index (χ4v) is 2.12. The lowest BCUT2D eigenvalue weighted by Crippen LogP contribution is -2.27. The Morgan fingerprint density at radius 3 is 2.61 bits per heavy atom.